The topological polar surface area (TPSA) is 23.5 Å². The lowest BCUT2D eigenvalue weighted by Crippen LogP contribution is -2.45. The molecule has 1 aromatic rings. The van der Waals surface area contributed by atoms with Crippen LogP contribution in [0.1, 0.15) is 31.7 Å². The van der Waals surface area contributed by atoms with Crippen LogP contribution in [-0.4, -0.2) is 28.7 Å². The molecule has 1 fully saturated rings. The van der Waals surface area contributed by atoms with E-state index in [0.29, 0.717) is 6.04 Å². The van der Waals surface area contributed by atoms with E-state index in [0.717, 1.165) is 19.5 Å². The zero-order valence-electron chi connectivity index (χ0n) is 9.97. The van der Waals surface area contributed by atoms with Crippen LogP contribution < -0.4 is 0 Å². The third kappa shape index (κ3) is 2.83. The number of aliphatic hydroxyl groups is 1. The highest BCUT2D eigenvalue weighted by Crippen LogP contribution is 2.21. The number of likely N-dealkylation sites (tertiary alicyclic amines) is 1. The second kappa shape index (κ2) is 5.46. The van der Waals surface area contributed by atoms with Crippen molar-refractivity contribution in [1.82, 2.24) is 4.90 Å². The van der Waals surface area contributed by atoms with Crippen LogP contribution in [-0.2, 0) is 6.54 Å². The van der Waals surface area contributed by atoms with E-state index >= 15 is 0 Å². The van der Waals surface area contributed by atoms with E-state index < -0.39 is 0 Å². The van der Waals surface area contributed by atoms with Gasteiger partial charge in [-0.15, -0.1) is 0 Å². The summed E-state index contributed by atoms with van der Waals surface area (Å²) in [4.78, 5) is 2.42. The fraction of sp³-hybridized carbons (Fsp3) is 0.571. The van der Waals surface area contributed by atoms with Crippen molar-refractivity contribution < 1.29 is 5.11 Å². The minimum atomic E-state index is -0.219. The minimum Gasteiger partial charge on any atom is -0.392 e. The zero-order valence-corrected chi connectivity index (χ0v) is 9.97. The van der Waals surface area contributed by atoms with Gasteiger partial charge in [-0.05, 0) is 31.9 Å². The van der Waals surface area contributed by atoms with Crippen molar-refractivity contribution in [3.8, 4) is 0 Å². The van der Waals surface area contributed by atoms with E-state index in [1.165, 1.54) is 18.4 Å². The zero-order chi connectivity index (χ0) is 11.4. The molecule has 1 saturated heterocycles. The third-order valence-electron chi connectivity index (χ3n) is 3.45. The quantitative estimate of drug-likeness (QED) is 0.844. The molecule has 88 valence electrons. The molecule has 16 heavy (non-hydrogen) atoms. The molecule has 0 unspecified atom stereocenters. The number of hydrogen-bond acceptors (Lipinski definition) is 2. The lowest BCUT2D eigenvalue weighted by Gasteiger charge is -2.37. The molecule has 2 atom stereocenters. The Labute approximate surface area is 97.9 Å². The third-order valence-corrected chi connectivity index (χ3v) is 3.45. The van der Waals surface area contributed by atoms with Gasteiger partial charge >= 0.3 is 0 Å². The highest BCUT2D eigenvalue weighted by Gasteiger charge is 2.25. The molecule has 0 spiro atoms. The van der Waals surface area contributed by atoms with Gasteiger partial charge in [0.2, 0.25) is 0 Å². The first-order chi connectivity index (χ1) is 7.77. The molecule has 2 rings (SSSR count). The van der Waals surface area contributed by atoms with Crippen LogP contribution in [0.4, 0.5) is 0 Å². The molecule has 0 radical (unpaired) electrons. The molecule has 0 aromatic heterocycles. The summed E-state index contributed by atoms with van der Waals surface area (Å²) in [6.45, 7) is 3.99. The first-order valence-electron chi connectivity index (χ1n) is 6.23. The van der Waals surface area contributed by atoms with Crippen LogP contribution in [0.5, 0.6) is 0 Å². The number of rotatable bonds is 3. The summed E-state index contributed by atoms with van der Waals surface area (Å²) in [5, 5.41) is 9.78. The van der Waals surface area contributed by atoms with E-state index in [1.807, 2.05) is 13.0 Å². The Balaban J connectivity index is 2.01. The Morgan fingerprint density at radius 3 is 2.75 bits per heavy atom. The maximum Gasteiger partial charge on any atom is 0.0667 e. The van der Waals surface area contributed by atoms with E-state index in [2.05, 4.69) is 29.2 Å². The summed E-state index contributed by atoms with van der Waals surface area (Å²) in [6, 6.07) is 10.9. The molecular formula is C14H21NO. The fourth-order valence-corrected chi connectivity index (χ4v) is 2.58. The second-order valence-corrected chi connectivity index (χ2v) is 4.76. The molecule has 1 heterocycles. The number of benzene rings is 1. The molecule has 2 nitrogen and oxygen atoms in total. The number of nitrogens with zero attached hydrogens (tertiary/aromatic N) is 1. The Hall–Kier alpha value is -0.860. The summed E-state index contributed by atoms with van der Waals surface area (Å²) >= 11 is 0. The fourth-order valence-electron chi connectivity index (χ4n) is 2.58. The van der Waals surface area contributed by atoms with E-state index in [9.17, 15) is 5.11 Å². The number of aliphatic hydroxyl groups excluding tert-OH is 1. The first kappa shape index (κ1) is 11.6. The molecule has 0 saturated carbocycles. The lowest BCUT2D eigenvalue weighted by molar-refractivity contribution is 0.0317. The van der Waals surface area contributed by atoms with Crippen molar-refractivity contribution in [2.75, 3.05) is 6.54 Å². The van der Waals surface area contributed by atoms with Crippen molar-refractivity contribution >= 4 is 0 Å². The normalized spacial score (nSPS) is 24.2. The van der Waals surface area contributed by atoms with Crippen molar-refractivity contribution in [2.45, 2.75) is 44.9 Å². The molecule has 0 bridgehead atoms. The van der Waals surface area contributed by atoms with E-state index in [4.69, 9.17) is 0 Å². The highest BCUT2D eigenvalue weighted by atomic mass is 16.3. The second-order valence-electron chi connectivity index (χ2n) is 4.76. The van der Waals surface area contributed by atoms with Crippen LogP contribution in [0.25, 0.3) is 0 Å². The molecule has 2 heteroatoms. The molecule has 0 aliphatic carbocycles. The summed E-state index contributed by atoms with van der Waals surface area (Å²) in [7, 11) is 0. The van der Waals surface area contributed by atoms with E-state index in [1.54, 1.807) is 0 Å². The molecule has 1 aromatic carbocycles. The van der Waals surface area contributed by atoms with Crippen LogP contribution in [0.15, 0.2) is 30.3 Å². The minimum absolute atomic E-state index is 0.219. The van der Waals surface area contributed by atoms with Gasteiger partial charge in [-0.1, -0.05) is 36.8 Å². The van der Waals surface area contributed by atoms with Gasteiger partial charge in [0.1, 0.15) is 0 Å². The summed E-state index contributed by atoms with van der Waals surface area (Å²) in [5.74, 6) is 0. The highest BCUT2D eigenvalue weighted by molar-refractivity contribution is 5.14. The average Bonchev–Trinajstić information content (AvgIpc) is 2.31. The largest absolute Gasteiger partial charge is 0.392 e. The average molecular weight is 219 g/mol. The van der Waals surface area contributed by atoms with Gasteiger partial charge in [0.25, 0.3) is 0 Å². The molecule has 0 amide bonds. The maximum absolute atomic E-state index is 9.78. The predicted octanol–water partition coefficient (Wildman–Crippen LogP) is 2.42. The Morgan fingerprint density at radius 1 is 1.31 bits per heavy atom. The molecule has 1 N–H and O–H groups in total. The smallest absolute Gasteiger partial charge is 0.0667 e. The van der Waals surface area contributed by atoms with Gasteiger partial charge in [0, 0.05) is 12.6 Å². The standard InChI is InChI=1S/C14H21NO/c1-12(16)14-9-5-6-10-15(14)11-13-7-3-2-4-8-13/h2-4,7-8,12,14,16H,5-6,9-11H2,1H3/t12-,14+/m0/s1. The molecule has 1 aliphatic rings. The van der Waals surface area contributed by atoms with Gasteiger partial charge in [-0.3, -0.25) is 4.90 Å². The predicted molar refractivity (Wildman–Crippen MR) is 66.2 cm³/mol. The lowest BCUT2D eigenvalue weighted by atomic mass is 9.97. The van der Waals surface area contributed by atoms with Gasteiger partial charge in [0.05, 0.1) is 6.10 Å². The summed E-state index contributed by atoms with van der Waals surface area (Å²) in [5.41, 5.74) is 1.34. The number of hydrogen-bond donors (Lipinski definition) is 1. The SMILES string of the molecule is C[C@H](O)[C@H]1CCCCN1Cc1ccccc1. The maximum atomic E-state index is 9.78. The van der Waals surface area contributed by atoms with Crippen LogP contribution >= 0.6 is 0 Å². The van der Waals surface area contributed by atoms with Crippen molar-refractivity contribution in [2.24, 2.45) is 0 Å². The molecule has 1 aliphatic heterocycles. The van der Waals surface area contributed by atoms with Crippen LogP contribution in [0.2, 0.25) is 0 Å². The van der Waals surface area contributed by atoms with Crippen LogP contribution in [0, 0.1) is 0 Å². The first-order valence-corrected chi connectivity index (χ1v) is 6.23. The summed E-state index contributed by atoms with van der Waals surface area (Å²) in [6.07, 6.45) is 3.42. The van der Waals surface area contributed by atoms with Crippen molar-refractivity contribution in [3.63, 3.8) is 0 Å². The van der Waals surface area contributed by atoms with Crippen molar-refractivity contribution in [1.29, 1.82) is 0 Å². The van der Waals surface area contributed by atoms with Gasteiger partial charge < -0.3 is 5.11 Å². The van der Waals surface area contributed by atoms with Gasteiger partial charge in [-0.2, -0.15) is 0 Å². The van der Waals surface area contributed by atoms with Gasteiger partial charge in [0.15, 0.2) is 0 Å². The monoisotopic (exact) mass is 219 g/mol. The summed E-state index contributed by atoms with van der Waals surface area (Å²) < 4.78 is 0. The van der Waals surface area contributed by atoms with E-state index in [-0.39, 0.29) is 6.10 Å². The Bertz CT molecular complexity index is 310. The van der Waals surface area contributed by atoms with Crippen LogP contribution in [0.3, 0.4) is 0 Å². The number of piperidine rings is 1. The Morgan fingerprint density at radius 2 is 2.06 bits per heavy atom. The Kier molecular flexibility index (Phi) is 3.97. The van der Waals surface area contributed by atoms with Gasteiger partial charge in [-0.25, -0.2) is 0 Å². The van der Waals surface area contributed by atoms with Crippen molar-refractivity contribution in [3.05, 3.63) is 35.9 Å². The molecular weight excluding hydrogens is 198 g/mol.